The molecule has 26 heavy (non-hydrogen) atoms. The number of rotatable bonds is 7. The van der Waals surface area contributed by atoms with E-state index in [1.54, 1.807) is 4.90 Å². The average molecular weight is 381 g/mol. The van der Waals surface area contributed by atoms with Gasteiger partial charge in [0.2, 0.25) is 10.0 Å². The van der Waals surface area contributed by atoms with E-state index >= 15 is 0 Å². The van der Waals surface area contributed by atoms with Gasteiger partial charge in [-0.2, -0.15) is 5.26 Å². The minimum absolute atomic E-state index is 0.00623. The van der Waals surface area contributed by atoms with Crippen LogP contribution < -0.4 is 4.72 Å². The molecule has 1 saturated heterocycles. The summed E-state index contributed by atoms with van der Waals surface area (Å²) in [4.78, 5) is 25.4. The Morgan fingerprint density at radius 2 is 1.88 bits per heavy atom. The number of nitrogens with one attached hydrogen (secondary N) is 1. The zero-order valence-electron chi connectivity index (χ0n) is 14.0. The van der Waals surface area contributed by atoms with Gasteiger partial charge in [0.1, 0.15) is 0 Å². The largest absolute Gasteiger partial charge is 0.452 e. The molecule has 2 rings (SSSR count). The molecule has 1 aromatic rings. The predicted molar refractivity (Wildman–Crippen MR) is 89.5 cm³/mol. The Labute approximate surface area is 151 Å². The quantitative estimate of drug-likeness (QED) is 0.516. The number of amides is 1. The minimum Gasteiger partial charge on any atom is -0.452 e. The van der Waals surface area contributed by atoms with Gasteiger partial charge >= 0.3 is 5.97 Å². The second-order valence-corrected chi connectivity index (χ2v) is 7.17. The topological polar surface area (TPSA) is 126 Å². The van der Waals surface area contributed by atoms with E-state index in [1.807, 2.05) is 6.07 Å². The van der Waals surface area contributed by atoms with Crippen molar-refractivity contribution < 1.29 is 27.5 Å². The number of benzene rings is 1. The second-order valence-electron chi connectivity index (χ2n) is 5.40. The second kappa shape index (κ2) is 9.28. The lowest BCUT2D eigenvalue weighted by molar-refractivity contribution is -0.138. The molecule has 0 radical (unpaired) electrons. The number of hydrogen-bond donors (Lipinski definition) is 1. The summed E-state index contributed by atoms with van der Waals surface area (Å²) in [6.07, 6.45) is 0.0564. The van der Waals surface area contributed by atoms with Gasteiger partial charge in [0, 0.05) is 26.1 Å². The van der Waals surface area contributed by atoms with Crippen molar-refractivity contribution in [2.75, 3.05) is 39.5 Å². The van der Waals surface area contributed by atoms with Crippen LogP contribution in [0.3, 0.4) is 0 Å². The van der Waals surface area contributed by atoms with Crippen LogP contribution in [0.1, 0.15) is 16.8 Å². The van der Waals surface area contributed by atoms with E-state index in [9.17, 15) is 18.0 Å². The average Bonchev–Trinajstić information content (AvgIpc) is 2.66. The van der Waals surface area contributed by atoms with Crippen molar-refractivity contribution in [3.8, 4) is 6.07 Å². The summed E-state index contributed by atoms with van der Waals surface area (Å²) in [7, 11) is -3.74. The van der Waals surface area contributed by atoms with Crippen molar-refractivity contribution in [3.63, 3.8) is 0 Å². The number of morpholine rings is 1. The van der Waals surface area contributed by atoms with E-state index in [0.717, 1.165) is 0 Å². The standard InChI is InChI=1S/C16H19N3O6S/c17-6-1-7-18-26(22,23)14-4-2-13(3-5-14)16(21)25-12-15(20)19-8-10-24-11-9-19/h2-5,18H,1,7-12H2. The van der Waals surface area contributed by atoms with Crippen molar-refractivity contribution in [3.05, 3.63) is 29.8 Å². The van der Waals surface area contributed by atoms with Gasteiger partial charge in [-0.1, -0.05) is 0 Å². The molecule has 1 aliphatic rings. The molecule has 1 amide bonds. The summed E-state index contributed by atoms with van der Waals surface area (Å²) in [5, 5.41) is 8.43. The van der Waals surface area contributed by atoms with Crippen LogP contribution in [0.4, 0.5) is 0 Å². The van der Waals surface area contributed by atoms with Crippen molar-refractivity contribution in [2.24, 2.45) is 0 Å². The van der Waals surface area contributed by atoms with E-state index in [0.29, 0.717) is 26.3 Å². The fraction of sp³-hybridized carbons (Fsp3) is 0.438. The molecule has 1 N–H and O–H groups in total. The monoisotopic (exact) mass is 381 g/mol. The molecule has 9 nitrogen and oxygen atoms in total. The number of hydrogen-bond acceptors (Lipinski definition) is 7. The minimum atomic E-state index is -3.74. The maximum atomic E-state index is 12.0. The lowest BCUT2D eigenvalue weighted by Crippen LogP contribution is -2.42. The van der Waals surface area contributed by atoms with Crippen molar-refractivity contribution in [2.45, 2.75) is 11.3 Å². The maximum Gasteiger partial charge on any atom is 0.338 e. The lowest BCUT2D eigenvalue weighted by Gasteiger charge is -2.26. The molecule has 0 saturated carbocycles. The fourth-order valence-electron chi connectivity index (χ4n) is 2.21. The first-order chi connectivity index (χ1) is 12.4. The highest BCUT2D eigenvalue weighted by Crippen LogP contribution is 2.11. The van der Waals surface area contributed by atoms with Crippen LogP contribution in [-0.4, -0.2) is 64.6 Å². The van der Waals surface area contributed by atoms with Gasteiger partial charge in [-0.3, -0.25) is 4.79 Å². The molecule has 1 fully saturated rings. The lowest BCUT2D eigenvalue weighted by atomic mass is 10.2. The highest BCUT2D eigenvalue weighted by Gasteiger charge is 2.19. The van der Waals surface area contributed by atoms with E-state index < -0.39 is 16.0 Å². The van der Waals surface area contributed by atoms with E-state index in [1.165, 1.54) is 24.3 Å². The Morgan fingerprint density at radius 3 is 2.50 bits per heavy atom. The van der Waals surface area contributed by atoms with E-state index in [4.69, 9.17) is 14.7 Å². The van der Waals surface area contributed by atoms with Gasteiger partial charge < -0.3 is 14.4 Å². The Bertz CT molecular complexity index is 779. The first kappa shape index (κ1) is 19.8. The molecule has 0 bridgehead atoms. The van der Waals surface area contributed by atoms with Gasteiger partial charge in [0.05, 0.1) is 29.7 Å². The van der Waals surface area contributed by atoms with Crippen LogP contribution in [0, 0.1) is 11.3 Å². The Balaban J connectivity index is 1.89. The van der Waals surface area contributed by atoms with Crippen molar-refractivity contribution in [1.82, 2.24) is 9.62 Å². The zero-order valence-corrected chi connectivity index (χ0v) is 14.8. The highest BCUT2D eigenvalue weighted by molar-refractivity contribution is 7.89. The smallest absolute Gasteiger partial charge is 0.338 e. The molecule has 1 heterocycles. The number of nitriles is 1. The van der Waals surface area contributed by atoms with Crippen LogP contribution in [-0.2, 0) is 24.3 Å². The first-order valence-corrected chi connectivity index (χ1v) is 9.41. The SMILES string of the molecule is N#CCCNS(=O)(=O)c1ccc(C(=O)OCC(=O)N2CCOCC2)cc1. The molecule has 140 valence electrons. The Morgan fingerprint density at radius 1 is 1.23 bits per heavy atom. The molecular formula is C16H19N3O6S. The zero-order chi connectivity index (χ0) is 19.0. The van der Waals surface area contributed by atoms with Crippen LogP contribution >= 0.6 is 0 Å². The number of sulfonamides is 1. The third-order valence-corrected chi connectivity index (χ3v) is 5.10. The van der Waals surface area contributed by atoms with Crippen molar-refractivity contribution in [1.29, 1.82) is 5.26 Å². The van der Waals surface area contributed by atoms with Gasteiger partial charge in [-0.05, 0) is 24.3 Å². The first-order valence-electron chi connectivity index (χ1n) is 7.93. The predicted octanol–water partition coefficient (Wildman–Crippen LogP) is -0.106. The summed E-state index contributed by atoms with van der Waals surface area (Å²) < 4.78 is 36.4. The molecule has 0 unspecified atom stereocenters. The van der Waals surface area contributed by atoms with Gasteiger partial charge in [0.15, 0.2) is 6.61 Å². The highest BCUT2D eigenvalue weighted by atomic mass is 32.2. The van der Waals surface area contributed by atoms with Crippen LogP contribution in [0.15, 0.2) is 29.2 Å². The number of nitrogens with zero attached hydrogens (tertiary/aromatic N) is 2. The molecule has 0 aliphatic carbocycles. The number of esters is 1. The van der Waals surface area contributed by atoms with E-state index in [2.05, 4.69) is 4.72 Å². The normalized spacial score (nSPS) is 14.5. The number of ether oxygens (including phenoxy) is 2. The summed E-state index contributed by atoms with van der Waals surface area (Å²) in [5.74, 6) is -1.02. The maximum absolute atomic E-state index is 12.0. The third-order valence-electron chi connectivity index (χ3n) is 3.62. The Hall–Kier alpha value is -2.48. The van der Waals surface area contributed by atoms with Crippen LogP contribution in [0.2, 0.25) is 0 Å². The molecule has 1 aliphatic heterocycles. The van der Waals surface area contributed by atoms with Crippen LogP contribution in [0.25, 0.3) is 0 Å². The van der Waals surface area contributed by atoms with E-state index in [-0.39, 0.29) is 35.9 Å². The number of carbonyl (C=O) groups excluding carboxylic acids is 2. The van der Waals surface area contributed by atoms with Gasteiger partial charge in [-0.25, -0.2) is 17.9 Å². The van der Waals surface area contributed by atoms with Crippen molar-refractivity contribution >= 4 is 21.9 Å². The molecule has 1 aromatic carbocycles. The van der Waals surface area contributed by atoms with Gasteiger partial charge in [-0.15, -0.1) is 0 Å². The number of carbonyl (C=O) groups is 2. The Kier molecular flexibility index (Phi) is 7.08. The third kappa shape index (κ3) is 5.52. The summed E-state index contributed by atoms with van der Waals surface area (Å²) in [5.41, 5.74) is 0.135. The van der Waals surface area contributed by atoms with Crippen LogP contribution in [0.5, 0.6) is 0 Å². The van der Waals surface area contributed by atoms with Gasteiger partial charge in [0.25, 0.3) is 5.91 Å². The fourth-order valence-corrected chi connectivity index (χ4v) is 3.24. The summed E-state index contributed by atoms with van der Waals surface area (Å²) in [6.45, 7) is 1.46. The molecule has 0 aromatic heterocycles. The molecule has 0 atom stereocenters. The molecular weight excluding hydrogens is 362 g/mol. The molecule has 0 spiro atoms. The summed E-state index contributed by atoms with van der Waals surface area (Å²) in [6, 6.07) is 6.97. The summed E-state index contributed by atoms with van der Waals surface area (Å²) >= 11 is 0. The molecule has 10 heteroatoms.